The highest BCUT2D eigenvalue weighted by Gasteiger charge is 2.26. The number of hydrogen-bond acceptors (Lipinski definition) is 8. The lowest BCUT2D eigenvalue weighted by atomic mass is 9.97. The first-order chi connectivity index (χ1) is 17.5. The highest BCUT2D eigenvalue weighted by atomic mass is 16.5. The Labute approximate surface area is 211 Å². The van der Waals surface area contributed by atoms with Crippen LogP contribution in [-0.2, 0) is 11.3 Å². The number of ether oxygens (including phenoxy) is 3. The van der Waals surface area contributed by atoms with E-state index in [1.807, 2.05) is 18.2 Å². The third-order valence-corrected chi connectivity index (χ3v) is 6.27. The summed E-state index contributed by atoms with van der Waals surface area (Å²) in [5, 5.41) is 6.31. The average molecular weight is 492 g/mol. The molecule has 0 aliphatic carbocycles. The van der Waals surface area contributed by atoms with E-state index in [1.165, 1.54) is 5.56 Å². The van der Waals surface area contributed by atoms with Crippen molar-refractivity contribution < 1.29 is 19.0 Å². The van der Waals surface area contributed by atoms with Crippen LogP contribution in [0.2, 0.25) is 0 Å². The molecule has 4 rings (SSSR count). The lowest BCUT2D eigenvalue weighted by molar-refractivity contribution is -0.125. The zero-order chi connectivity index (χ0) is 25.5. The summed E-state index contributed by atoms with van der Waals surface area (Å²) in [6.07, 6.45) is 3.49. The van der Waals surface area contributed by atoms with Crippen LogP contribution in [0, 0.1) is 12.8 Å². The second-order valence-corrected chi connectivity index (χ2v) is 8.77. The molecule has 3 aromatic rings. The number of piperidine rings is 1. The van der Waals surface area contributed by atoms with Crippen LogP contribution in [0.4, 0.5) is 17.5 Å². The fourth-order valence-electron chi connectivity index (χ4n) is 4.31. The molecule has 9 heteroatoms. The van der Waals surface area contributed by atoms with E-state index in [0.717, 1.165) is 30.8 Å². The predicted molar refractivity (Wildman–Crippen MR) is 139 cm³/mol. The van der Waals surface area contributed by atoms with Gasteiger partial charge in [-0.2, -0.15) is 4.98 Å². The molecule has 1 unspecified atom stereocenters. The largest absolute Gasteiger partial charge is 0.493 e. The number of nitrogens with one attached hydrogen (secondary N) is 2. The molecule has 36 heavy (non-hydrogen) atoms. The Balaban J connectivity index is 1.42. The summed E-state index contributed by atoms with van der Waals surface area (Å²) in [5.41, 5.74) is 3.01. The normalized spacial score (nSPS) is 15.2. The summed E-state index contributed by atoms with van der Waals surface area (Å²) >= 11 is 0. The van der Waals surface area contributed by atoms with Crippen LogP contribution in [0.15, 0.2) is 48.7 Å². The third-order valence-electron chi connectivity index (χ3n) is 6.27. The van der Waals surface area contributed by atoms with Gasteiger partial charge in [-0.1, -0.05) is 29.8 Å². The van der Waals surface area contributed by atoms with Crippen molar-refractivity contribution in [1.82, 2.24) is 15.3 Å². The van der Waals surface area contributed by atoms with Crippen molar-refractivity contribution in [3.05, 3.63) is 59.8 Å². The van der Waals surface area contributed by atoms with E-state index in [1.54, 1.807) is 39.7 Å². The molecule has 1 amide bonds. The van der Waals surface area contributed by atoms with Gasteiger partial charge >= 0.3 is 0 Å². The van der Waals surface area contributed by atoms with Crippen molar-refractivity contribution in [3.8, 4) is 17.2 Å². The van der Waals surface area contributed by atoms with E-state index < -0.39 is 0 Å². The van der Waals surface area contributed by atoms with Gasteiger partial charge < -0.3 is 29.7 Å². The van der Waals surface area contributed by atoms with E-state index >= 15 is 0 Å². The van der Waals surface area contributed by atoms with Crippen LogP contribution >= 0.6 is 0 Å². The highest BCUT2D eigenvalue weighted by molar-refractivity contribution is 5.79. The first-order valence-corrected chi connectivity index (χ1v) is 12.0. The van der Waals surface area contributed by atoms with E-state index in [2.05, 4.69) is 39.6 Å². The molecule has 9 nitrogen and oxygen atoms in total. The van der Waals surface area contributed by atoms with Gasteiger partial charge in [0.2, 0.25) is 17.6 Å². The molecular formula is C27H33N5O4. The van der Waals surface area contributed by atoms with Gasteiger partial charge in [0, 0.05) is 43.7 Å². The van der Waals surface area contributed by atoms with Crippen LogP contribution in [0.3, 0.4) is 0 Å². The maximum Gasteiger partial charge on any atom is 0.229 e. The van der Waals surface area contributed by atoms with Crippen LogP contribution in [-0.4, -0.2) is 50.3 Å². The van der Waals surface area contributed by atoms with Crippen LogP contribution in [0.25, 0.3) is 0 Å². The van der Waals surface area contributed by atoms with Gasteiger partial charge in [-0.3, -0.25) is 4.79 Å². The number of anilines is 3. The number of carbonyl (C=O) groups excluding carboxylic acids is 1. The van der Waals surface area contributed by atoms with E-state index in [4.69, 9.17) is 19.2 Å². The molecule has 0 bridgehead atoms. The number of rotatable bonds is 9. The van der Waals surface area contributed by atoms with Crippen molar-refractivity contribution in [2.75, 3.05) is 44.6 Å². The number of carbonyl (C=O) groups is 1. The quantitative estimate of drug-likeness (QED) is 0.462. The molecule has 1 saturated heterocycles. The van der Waals surface area contributed by atoms with Crippen LogP contribution in [0.1, 0.15) is 24.0 Å². The summed E-state index contributed by atoms with van der Waals surface area (Å²) < 4.78 is 16.3. The Morgan fingerprint density at radius 1 is 1.06 bits per heavy atom. The van der Waals surface area contributed by atoms with Crippen LogP contribution < -0.4 is 29.7 Å². The molecule has 2 N–H and O–H groups in total. The summed E-state index contributed by atoms with van der Waals surface area (Å²) in [7, 11) is 4.71. The van der Waals surface area contributed by atoms with Crippen molar-refractivity contribution in [1.29, 1.82) is 0 Å². The monoisotopic (exact) mass is 491 g/mol. The fraction of sp³-hybridized carbons (Fsp3) is 0.370. The zero-order valence-electron chi connectivity index (χ0n) is 21.2. The van der Waals surface area contributed by atoms with Gasteiger partial charge in [-0.05, 0) is 31.4 Å². The summed E-state index contributed by atoms with van der Waals surface area (Å²) in [6.45, 7) is 4.03. The minimum Gasteiger partial charge on any atom is -0.493 e. The third kappa shape index (κ3) is 5.97. The van der Waals surface area contributed by atoms with E-state index in [-0.39, 0.29) is 11.8 Å². The number of methoxy groups -OCH3 is 3. The molecular weight excluding hydrogens is 458 g/mol. The second-order valence-electron chi connectivity index (χ2n) is 8.77. The molecule has 190 valence electrons. The van der Waals surface area contributed by atoms with Gasteiger partial charge in [-0.25, -0.2) is 4.98 Å². The smallest absolute Gasteiger partial charge is 0.229 e. The molecule has 0 spiro atoms. The maximum atomic E-state index is 12.9. The maximum absolute atomic E-state index is 12.9. The van der Waals surface area contributed by atoms with Gasteiger partial charge in [0.25, 0.3) is 0 Å². The Morgan fingerprint density at radius 2 is 1.78 bits per heavy atom. The minimum absolute atomic E-state index is 0.0742. The molecule has 2 heterocycles. The van der Waals surface area contributed by atoms with E-state index in [9.17, 15) is 4.79 Å². The van der Waals surface area contributed by atoms with Gasteiger partial charge in [0.15, 0.2) is 11.5 Å². The molecule has 1 aliphatic rings. The Kier molecular flexibility index (Phi) is 8.10. The Bertz CT molecular complexity index is 1160. The second kappa shape index (κ2) is 11.6. The van der Waals surface area contributed by atoms with E-state index in [0.29, 0.717) is 42.0 Å². The number of hydrogen-bond donors (Lipinski definition) is 2. The first-order valence-electron chi connectivity index (χ1n) is 12.0. The molecule has 0 radical (unpaired) electrons. The minimum atomic E-state index is -0.0920. The van der Waals surface area contributed by atoms with Crippen molar-refractivity contribution in [2.45, 2.75) is 26.3 Å². The van der Waals surface area contributed by atoms with Crippen molar-refractivity contribution >= 4 is 23.4 Å². The standard InChI is InChI=1S/C27H33N5O4/c1-18-7-9-19(10-8-18)16-29-26(33)20-6-5-13-32(17-20)24-11-12-28-27(31-24)30-21-14-22(34-2)25(36-4)23(15-21)35-3/h7-12,14-15,20H,5-6,13,16-17H2,1-4H3,(H,29,33)(H,28,30,31). The van der Waals surface area contributed by atoms with Gasteiger partial charge in [0.1, 0.15) is 5.82 Å². The predicted octanol–water partition coefficient (Wildman–Crippen LogP) is 4.09. The van der Waals surface area contributed by atoms with Gasteiger partial charge in [0.05, 0.1) is 27.2 Å². The Hall–Kier alpha value is -4.01. The SMILES string of the molecule is COc1cc(Nc2nccc(N3CCCC(C(=O)NCc4ccc(C)cc4)C3)n2)cc(OC)c1OC. The van der Waals surface area contributed by atoms with Crippen LogP contribution in [0.5, 0.6) is 17.2 Å². The average Bonchev–Trinajstić information content (AvgIpc) is 2.92. The Morgan fingerprint density at radius 3 is 2.44 bits per heavy atom. The molecule has 0 saturated carbocycles. The highest BCUT2D eigenvalue weighted by Crippen LogP contribution is 2.40. The number of benzene rings is 2. The lowest BCUT2D eigenvalue weighted by Crippen LogP contribution is -2.43. The summed E-state index contributed by atoms with van der Waals surface area (Å²) in [4.78, 5) is 24.1. The number of amides is 1. The van der Waals surface area contributed by atoms with Crippen molar-refractivity contribution in [2.24, 2.45) is 5.92 Å². The van der Waals surface area contributed by atoms with Gasteiger partial charge in [-0.15, -0.1) is 0 Å². The molecule has 1 atom stereocenters. The fourth-order valence-corrected chi connectivity index (χ4v) is 4.31. The first kappa shape index (κ1) is 25.1. The topological polar surface area (TPSA) is 97.8 Å². The molecule has 1 fully saturated rings. The number of aryl methyl sites for hydroxylation is 1. The summed E-state index contributed by atoms with van der Waals surface area (Å²) in [5.74, 6) is 2.77. The van der Waals surface area contributed by atoms with Crippen molar-refractivity contribution in [3.63, 3.8) is 0 Å². The molecule has 2 aromatic carbocycles. The number of aromatic nitrogens is 2. The zero-order valence-corrected chi connectivity index (χ0v) is 21.2. The number of nitrogens with zero attached hydrogens (tertiary/aromatic N) is 3. The lowest BCUT2D eigenvalue weighted by Gasteiger charge is -2.33. The summed E-state index contributed by atoms with van der Waals surface area (Å²) in [6, 6.07) is 13.7. The molecule has 1 aromatic heterocycles. The molecule has 1 aliphatic heterocycles.